The maximum Gasteiger partial charge on any atom is 0.263 e. The van der Waals surface area contributed by atoms with E-state index in [9.17, 15) is 9.59 Å². The number of fused-ring (bicyclic) bond motifs is 1. The fourth-order valence-electron chi connectivity index (χ4n) is 4.34. The quantitative estimate of drug-likeness (QED) is 0.494. The van der Waals surface area contributed by atoms with Gasteiger partial charge in [-0.3, -0.25) is 14.2 Å². The molecule has 6 heteroatoms. The van der Waals surface area contributed by atoms with Gasteiger partial charge in [-0.2, -0.15) is 0 Å². The van der Waals surface area contributed by atoms with Gasteiger partial charge in [-0.15, -0.1) is 0 Å². The van der Waals surface area contributed by atoms with Gasteiger partial charge in [0.15, 0.2) is 0 Å². The van der Waals surface area contributed by atoms with Crippen LogP contribution < -0.4 is 15.8 Å². The number of nitrogens with one attached hydrogen (secondary N) is 1. The monoisotopic (exact) mass is 438 g/mol. The number of hydrogen-bond donors (Lipinski definition) is 1. The van der Waals surface area contributed by atoms with Gasteiger partial charge >= 0.3 is 0 Å². The molecule has 1 aromatic heterocycles. The first-order chi connectivity index (χ1) is 16.1. The van der Waals surface area contributed by atoms with E-state index in [1.54, 1.807) is 22.8 Å². The Kier molecular flexibility index (Phi) is 5.65. The fraction of sp³-hybridized carbons (Fsp3) is 0.222. The number of carbonyl (C=O) groups excluding carboxylic acids is 1. The molecule has 0 radical (unpaired) electrons. The van der Waals surface area contributed by atoms with Crippen LogP contribution in [0.15, 0.2) is 77.6 Å². The van der Waals surface area contributed by atoms with Gasteiger partial charge in [0, 0.05) is 24.3 Å². The Labute approximate surface area is 192 Å². The third kappa shape index (κ3) is 4.37. The molecule has 1 aliphatic heterocycles. The van der Waals surface area contributed by atoms with Crippen molar-refractivity contribution in [3.8, 4) is 0 Å². The molecule has 1 saturated heterocycles. The SMILES string of the molecule is Cc1cccc(NC(=O)c2ccc3c(=O)n(Cc4ccccc4)c(N4CCCC4)nc3c2)c1. The molecule has 0 bridgehead atoms. The molecule has 1 N–H and O–H groups in total. The summed E-state index contributed by atoms with van der Waals surface area (Å²) in [5, 5.41) is 3.45. The van der Waals surface area contributed by atoms with Gasteiger partial charge in [0.25, 0.3) is 11.5 Å². The van der Waals surface area contributed by atoms with E-state index >= 15 is 0 Å². The van der Waals surface area contributed by atoms with Gasteiger partial charge in [0.2, 0.25) is 5.95 Å². The van der Waals surface area contributed by atoms with Crippen LogP contribution in [0, 0.1) is 6.92 Å². The van der Waals surface area contributed by atoms with Gasteiger partial charge < -0.3 is 10.2 Å². The first-order valence-corrected chi connectivity index (χ1v) is 11.3. The van der Waals surface area contributed by atoms with Crippen molar-refractivity contribution in [2.24, 2.45) is 0 Å². The van der Waals surface area contributed by atoms with Gasteiger partial charge in [0.05, 0.1) is 17.4 Å². The van der Waals surface area contributed by atoms with Gasteiger partial charge in [-0.25, -0.2) is 4.98 Å². The molecule has 0 unspecified atom stereocenters. The number of rotatable bonds is 5. The molecule has 1 amide bonds. The second kappa shape index (κ2) is 8.90. The second-order valence-corrected chi connectivity index (χ2v) is 8.54. The Morgan fingerprint density at radius 2 is 1.76 bits per heavy atom. The summed E-state index contributed by atoms with van der Waals surface area (Å²) in [6.07, 6.45) is 2.16. The number of aryl methyl sites for hydroxylation is 1. The standard InChI is InChI=1S/C27H26N4O2/c1-19-8-7-11-22(16-19)28-25(32)21-12-13-23-24(17-21)29-27(30-14-5-6-15-30)31(26(23)33)18-20-9-3-2-4-10-20/h2-4,7-13,16-17H,5-6,14-15,18H2,1H3,(H,28,32). The van der Waals surface area contributed by atoms with Crippen molar-refractivity contribution in [1.82, 2.24) is 9.55 Å². The Balaban J connectivity index is 1.55. The van der Waals surface area contributed by atoms with E-state index in [0.29, 0.717) is 29.0 Å². The zero-order valence-electron chi connectivity index (χ0n) is 18.6. The topological polar surface area (TPSA) is 67.2 Å². The minimum Gasteiger partial charge on any atom is -0.342 e. The zero-order valence-corrected chi connectivity index (χ0v) is 18.6. The largest absolute Gasteiger partial charge is 0.342 e. The molecule has 0 saturated carbocycles. The van der Waals surface area contributed by atoms with Crippen LogP contribution in [0.25, 0.3) is 10.9 Å². The molecular formula is C27H26N4O2. The number of amides is 1. The minimum atomic E-state index is -0.222. The first-order valence-electron chi connectivity index (χ1n) is 11.3. The third-order valence-electron chi connectivity index (χ3n) is 6.05. The lowest BCUT2D eigenvalue weighted by molar-refractivity contribution is 0.102. The highest BCUT2D eigenvalue weighted by Gasteiger charge is 2.21. The molecule has 1 aliphatic rings. The maximum absolute atomic E-state index is 13.5. The third-order valence-corrected chi connectivity index (χ3v) is 6.05. The number of hydrogen-bond acceptors (Lipinski definition) is 4. The molecular weight excluding hydrogens is 412 g/mol. The first kappa shape index (κ1) is 20.9. The summed E-state index contributed by atoms with van der Waals surface area (Å²) < 4.78 is 1.76. The van der Waals surface area contributed by atoms with Crippen LogP contribution in [0.5, 0.6) is 0 Å². The van der Waals surface area contributed by atoms with E-state index in [1.165, 1.54) is 0 Å². The van der Waals surface area contributed by atoms with Crippen LogP contribution in [0.1, 0.15) is 34.3 Å². The van der Waals surface area contributed by atoms with Crippen LogP contribution in [-0.2, 0) is 6.54 Å². The molecule has 0 aliphatic carbocycles. The Hall–Kier alpha value is -3.93. The van der Waals surface area contributed by atoms with Crippen molar-refractivity contribution in [1.29, 1.82) is 0 Å². The van der Waals surface area contributed by atoms with E-state index in [1.807, 2.05) is 61.5 Å². The highest BCUT2D eigenvalue weighted by atomic mass is 16.1. The van der Waals surface area contributed by atoms with Crippen molar-refractivity contribution in [2.45, 2.75) is 26.3 Å². The Morgan fingerprint density at radius 1 is 0.970 bits per heavy atom. The molecule has 0 spiro atoms. The molecule has 2 heterocycles. The summed E-state index contributed by atoms with van der Waals surface area (Å²) in [5.41, 5.74) is 3.80. The predicted molar refractivity (Wildman–Crippen MR) is 132 cm³/mol. The molecule has 0 atom stereocenters. The highest BCUT2D eigenvalue weighted by molar-refractivity contribution is 6.06. The lowest BCUT2D eigenvalue weighted by Crippen LogP contribution is -2.31. The summed E-state index contributed by atoms with van der Waals surface area (Å²) in [4.78, 5) is 33.4. The molecule has 3 aromatic carbocycles. The smallest absolute Gasteiger partial charge is 0.263 e. The number of aromatic nitrogens is 2. The van der Waals surface area contributed by atoms with Crippen molar-refractivity contribution in [3.05, 3.63) is 99.8 Å². The van der Waals surface area contributed by atoms with Crippen molar-refractivity contribution in [3.63, 3.8) is 0 Å². The summed E-state index contributed by atoms with van der Waals surface area (Å²) in [7, 11) is 0. The number of anilines is 2. The Morgan fingerprint density at radius 3 is 2.52 bits per heavy atom. The van der Waals surface area contributed by atoms with Crippen LogP contribution in [-0.4, -0.2) is 28.5 Å². The second-order valence-electron chi connectivity index (χ2n) is 8.54. The molecule has 33 heavy (non-hydrogen) atoms. The molecule has 4 aromatic rings. The lowest BCUT2D eigenvalue weighted by atomic mass is 10.1. The lowest BCUT2D eigenvalue weighted by Gasteiger charge is -2.22. The number of benzene rings is 3. The minimum absolute atomic E-state index is 0.0867. The zero-order chi connectivity index (χ0) is 22.8. The summed E-state index contributed by atoms with van der Waals surface area (Å²) >= 11 is 0. The highest BCUT2D eigenvalue weighted by Crippen LogP contribution is 2.22. The van der Waals surface area contributed by atoms with Crippen molar-refractivity contribution in [2.75, 3.05) is 23.3 Å². The van der Waals surface area contributed by atoms with Crippen LogP contribution >= 0.6 is 0 Å². The van der Waals surface area contributed by atoms with Crippen molar-refractivity contribution >= 4 is 28.4 Å². The average molecular weight is 439 g/mol. The predicted octanol–water partition coefficient (Wildman–Crippen LogP) is 4.61. The van der Waals surface area contributed by atoms with E-state index < -0.39 is 0 Å². The average Bonchev–Trinajstić information content (AvgIpc) is 3.36. The Bertz CT molecular complexity index is 1370. The van der Waals surface area contributed by atoms with E-state index in [-0.39, 0.29) is 11.5 Å². The summed E-state index contributed by atoms with van der Waals surface area (Å²) in [6.45, 7) is 4.19. The van der Waals surface area contributed by atoms with Crippen LogP contribution in [0.3, 0.4) is 0 Å². The normalized spacial score (nSPS) is 13.4. The van der Waals surface area contributed by atoms with Gasteiger partial charge in [-0.1, -0.05) is 42.5 Å². The number of nitrogens with zero attached hydrogens (tertiary/aromatic N) is 3. The number of carbonyl (C=O) groups is 1. The summed E-state index contributed by atoms with van der Waals surface area (Å²) in [5.74, 6) is 0.450. The fourth-order valence-corrected chi connectivity index (χ4v) is 4.34. The van der Waals surface area contributed by atoms with E-state index in [2.05, 4.69) is 10.2 Å². The molecule has 1 fully saturated rings. The van der Waals surface area contributed by atoms with Gasteiger partial charge in [0.1, 0.15) is 0 Å². The molecule has 5 rings (SSSR count). The van der Waals surface area contributed by atoms with E-state index in [4.69, 9.17) is 4.98 Å². The summed E-state index contributed by atoms with van der Waals surface area (Å²) in [6, 6.07) is 22.7. The van der Waals surface area contributed by atoms with E-state index in [0.717, 1.165) is 42.7 Å². The molecule has 166 valence electrons. The van der Waals surface area contributed by atoms with Crippen molar-refractivity contribution < 1.29 is 4.79 Å². The van der Waals surface area contributed by atoms with Gasteiger partial charge in [-0.05, 0) is 61.2 Å². The van der Waals surface area contributed by atoms with Crippen LogP contribution in [0.4, 0.5) is 11.6 Å². The maximum atomic E-state index is 13.5. The van der Waals surface area contributed by atoms with Crippen LogP contribution in [0.2, 0.25) is 0 Å². The molecule has 6 nitrogen and oxygen atoms in total.